The van der Waals surface area contributed by atoms with Crippen molar-refractivity contribution in [2.24, 2.45) is 5.41 Å². The summed E-state index contributed by atoms with van der Waals surface area (Å²) < 4.78 is 6.02. The van der Waals surface area contributed by atoms with Crippen molar-refractivity contribution in [1.29, 1.82) is 5.26 Å². The smallest absolute Gasteiger partial charge is 0.101 e. The average Bonchev–Trinajstić information content (AvgIpc) is 2.35. The first-order chi connectivity index (χ1) is 8.48. The van der Waals surface area contributed by atoms with Gasteiger partial charge >= 0.3 is 0 Å². The van der Waals surface area contributed by atoms with Crippen molar-refractivity contribution in [1.82, 2.24) is 0 Å². The molecule has 0 aliphatic carbocycles. The zero-order valence-electron chi connectivity index (χ0n) is 11.1. The summed E-state index contributed by atoms with van der Waals surface area (Å²) >= 11 is 3.37. The number of nitrogens with one attached hydrogen (secondary N) is 1. The summed E-state index contributed by atoms with van der Waals surface area (Å²) in [5.41, 5.74) is 1.67. The molecule has 0 aliphatic heterocycles. The van der Waals surface area contributed by atoms with E-state index in [9.17, 15) is 0 Å². The number of anilines is 1. The number of nitrogens with zero attached hydrogens (tertiary/aromatic N) is 1. The Morgan fingerprint density at radius 2 is 2.17 bits per heavy atom. The summed E-state index contributed by atoms with van der Waals surface area (Å²) in [6.07, 6.45) is 0.981. The predicted octanol–water partition coefficient (Wildman–Crippen LogP) is 3.80. The molecule has 0 amide bonds. The predicted molar refractivity (Wildman–Crippen MR) is 77.6 cm³/mol. The van der Waals surface area contributed by atoms with Crippen LogP contribution >= 0.6 is 15.9 Å². The lowest BCUT2D eigenvalue weighted by molar-refractivity contribution is 0.157. The third kappa shape index (κ3) is 4.67. The van der Waals surface area contributed by atoms with Gasteiger partial charge in [0, 0.05) is 24.7 Å². The maximum absolute atomic E-state index is 9.08. The standard InChI is InChI=1S/C14H19BrN2O/c1-14(2,6-7-18-3)10-17-13-5-4-12(15)8-11(13)9-16/h4-5,8,17H,6-7,10H2,1-3H3. The van der Waals surface area contributed by atoms with E-state index in [1.165, 1.54) is 0 Å². The molecular formula is C14H19BrN2O. The fourth-order valence-electron chi connectivity index (χ4n) is 1.56. The molecule has 0 aliphatic rings. The van der Waals surface area contributed by atoms with E-state index in [1.54, 1.807) is 7.11 Å². The summed E-state index contributed by atoms with van der Waals surface area (Å²) in [6.45, 7) is 5.93. The third-order valence-electron chi connectivity index (χ3n) is 2.84. The zero-order chi connectivity index (χ0) is 13.6. The topological polar surface area (TPSA) is 45.0 Å². The summed E-state index contributed by atoms with van der Waals surface area (Å²) in [4.78, 5) is 0. The molecule has 0 saturated heterocycles. The number of benzene rings is 1. The maximum atomic E-state index is 9.08. The molecule has 1 N–H and O–H groups in total. The number of halogens is 1. The second kappa shape index (κ2) is 6.77. The fraction of sp³-hybridized carbons (Fsp3) is 0.500. The van der Waals surface area contributed by atoms with Crippen molar-refractivity contribution in [3.63, 3.8) is 0 Å². The molecule has 0 radical (unpaired) electrons. The van der Waals surface area contributed by atoms with Crippen LogP contribution in [0.15, 0.2) is 22.7 Å². The van der Waals surface area contributed by atoms with Crippen LogP contribution in [0.4, 0.5) is 5.69 Å². The SMILES string of the molecule is COCCC(C)(C)CNc1ccc(Br)cc1C#N. The second-order valence-electron chi connectivity index (χ2n) is 5.06. The fourth-order valence-corrected chi connectivity index (χ4v) is 1.93. The molecular weight excluding hydrogens is 292 g/mol. The zero-order valence-corrected chi connectivity index (χ0v) is 12.7. The van der Waals surface area contributed by atoms with Gasteiger partial charge in [-0.05, 0) is 30.0 Å². The number of rotatable bonds is 6. The highest BCUT2D eigenvalue weighted by Crippen LogP contribution is 2.24. The van der Waals surface area contributed by atoms with E-state index in [2.05, 4.69) is 41.2 Å². The van der Waals surface area contributed by atoms with Gasteiger partial charge in [-0.15, -0.1) is 0 Å². The lowest BCUT2D eigenvalue weighted by atomic mass is 9.89. The van der Waals surface area contributed by atoms with E-state index < -0.39 is 0 Å². The van der Waals surface area contributed by atoms with Crippen molar-refractivity contribution in [2.45, 2.75) is 20.3 Å². The third-order valence-corrected chi connectivity index (χ3v) is 3.34. The van der Waals surface area contributed by atoms with Crippen LogP contribution in [0.5, 0.6) is 0 Å². The van der Waals surface area contributed by atoms with Crippen LogP contribution in [0, 0.1) is 16.7 Å². The molecule has 0 heterocycles. The first-order valence-corrected chi connectivity index (χ1v) is 6.70. The van der Waals surface area contributed by atoms with Gasteiger partial charge in [0.05, 0.1) is 11.3 Å². The van der Waals surface area contributed by atoms with Gasteiger partial charge in [-0.2, -0.15) is 5.26 Å². The Morgan fingerprint density at radius 3 is 2.78 bits per heavy atom. The Kier molecular flexibility index (Phi) is 5.64. The van der Waals surface area contributed by atoms with Crippen molar-refractivity contribution < 1.29 is 4.74 Å². The summed E-state index contributed by atoms with van der Waals surface area (Å²) in [5, 5.41) is 12.4. The molecule has 4 heteroatoms. The molecule has 0 bridgehead atoms. The highest BCUT2D eigenvalue weighted by molar-refractivity contribution is 9.10. The number of methoxy groups -OCH3 is 1. The first-order valence-electron chi connectivity index (χ1n) is 5.91. The molecule has 1 aromatic carbocycles. The highest BCUT2D eigenvalue weighted by atomic mass is 79.9. The van der Waals surface area contributed by atoms with Crippen LogP contribution in [-0.2, 0) is 4.74 Å². The van der Waals surface area contributed by atoms with Crippen LogP contribution in [0.3, 0.4) is 0 Å². The summed E-state index contributed by atoms with van der Waals surface area (Å²) in [5.74, 6) is 0. The van der Waals surface area contributed by atoms with E-state index >= 15 is 0 Å². The molecule has 0 aromatic heterocycles. The molecule has 0 saturated carbocycles. The minimum Gasteiger partial charge on any atom is -0.385 e. The minimum atomic E-state index is 0.135. The van der Waals surface area contributed by atoms with Gasteiger partial charge in [0.1, 0.15) is 6.07 Å². The summed E-state index contributed by atoms with van der Waals surface area (Å²) in [7, 11) is 1.71. The van der Waals surface area contributed by atoms with Crippen molar-refractivity contribution in [3.05, 3.63) is 28.2 Å². The normalized spacial score (nSPS) is 11.1. The second-order valence-corrected chi connectivity index (χ2v) is 5.98. The van der Waals surface area contributed by atoms with Gasteiger partial charge in [-0.1, -0.05) is 29.8 Å². The highest BCUT2D eigenvalue weighted by Gasteiger charge is 2.17. The first kappa shape index (κ1) is 15.0. The van der Waals surface area contributed by atoms with E-state index in [1.807, 2.05) is 18.2 Å². The van der Waals surface area contributed by atoms with Crippen LogP contribution in [0.2, 0.25) is 0 Å². The van der Waals surface area contributed by atoms with Gasteiger partial charge in [-0.3, -0.25) is 0 Å². The van der Waals surface area contributed by atoms with E-state index in [0.29, 0.717) is 5.56 Å². The van der Waals surface area contributed by atoms with Gasteiger partial charge in [0.15, 0.2) is 0 Å². The Labute approximate surface area is 117 Å². The molecule has 0 atom stereocenters. The number of ether oxygens (including phenoxy) is 1. The maximum Gasteiger partial charge on any atom is 0.101 e. The van der Waals surface area contributed by atoms with Crippen LogP contribution in [-0.4, -0.2) is 20.3 Å². The quantitative estimate of drug-likeness (QED) is 0.869. The summed E-state index contributed by atoms with van der Waals surface area (Å²) in [6, 6.07) is 7.88. The monoisotopic (exact) mass is 310 g/mol. The minimum absolute atomic E-state index is 0.135. The molecule has 1 aromatic rings. The number of hydrogen-bond acceptors (Lipinski definition) is 3. The molecule has 98 valence electrons. The van der Waals surface area contributed by atoms with Gasteiger partial charge < -0.3 is 10.1 Å². The molecule has 3 nitrogen and oxygen atoms in total. The van der Waals surface area contributed by atoms with Crippen molar-refractivity contribution >= 4 is 21.6 Å². The van der Waals surface area contributed by atoms with Gasteiger partial charge in [0.2, 0.25) is 0 Å². The largest absolute Gasteiger partial charge is 0.385 e. The van der Waals surface area contributed by atoms with Crippen molar-refractivity contribution in [3.8, 4) is 6.07 Å². The average molecular weight is 311 g/mol. The van der Waals surface area contributed by atoms with E-state index in [-0.39, 0.29) is 5.41 Å². The van der Waals surface area contributed by atoms with Crippen LogP contribution in [0.25, 0.3) is 0 Å². The Bertz CT molecular complexity index is 438. The molecule has 1 rings (SSSR count). The van der Waals surface area contributed by atoms with E-state index in [4.69, 9.17) is 10.00 Å². The van der Waals surface area contributed by atoms with Gasteiger partial charge in [-0.25, -0.2) is 0 Å². The molecule has 18 heavy (non-hydrogen) atoms. The lowest BCUT2D eigenvalue weighted by Gasteiger charge is -2.25. The van der Waals surface area contributed by atoms with Gasteiger partial charge in [0.25, 0.3) is 0 Å². The lowest BCUT2D eigenvalue weighted by Crippen LogP contribution is -2.24. The van der Waals surface area contributed by atoms with Crippen LogP contribution < -0.4 is 5.32 Å². The molecule has 0 unspecified atom stereocenters. The number of nitriles is 1. The Balaban J connectivity index is 2.66. The van der Waals surface area contributed by atoms with E-state index in [0.717, 1.165) is 29.7 Å². The Hall–Kier alpha value is -1.05. The molecule has 0 fully saturated rings. The van der Waals surface area contributed by atoms with Crippen molar-refractivity contribution in [2.75, 3.05) is 25.6 Å². The molecule has 0 spiro atoms. The number of hydrogen-bond donors (Lipinski definition) is 1. The Morgan fingerprint density at radius 1 is 1.44 bits per heavy atom. The van der Waals surface area contributed by atoms with Crippen LogP contribution in [0.1, 0.15) is 25.8 Å².